The van der Waals surface area contributed by atoms with Gasteiger partial charge in [0, 0.05) is 34.4 Å². The van der Waals surface area contributed by atoms with Gasteiger partial charge in [0.15, 0.2) is 5.65 Å². The van der Waals surface area contributed by atoms with Gasteiger partial charge in [0.2, 0.25) is 0 Å². The molecule has 0 spiro atoms. The molecule has 5 rings (SSSR count). The lowest BCUT2D eigenvalue weighted by molar-refractivity contribution is 0.943. The van der Waals surface area contributed by atoms with Crippen molar-refractivity contribution in [1.82, 2.24) is 19.6 Å². The van der Waals surface area contributed by atoms with Gasteiger partial charge in [-0.3, -0.25) is 0 Å². The van der Waals surface area contributed by atoms with Gasteiger partial charge in [-0.25, -0.2) is 9.50 Å². The number of benzene rings is 2. The van der Waals surface area contributed by atoms with E-state index in [4.69, 9.17) is 4.98 Å². The standard InChI is InChI=1S/C20H14N4/c1-2-7-14(8-3-1)20-19(23-18-11-6-12-22-24(18)20)16-13-21-17-10-5-4-9-15(16)17/h1-13,21H. The summed E-state index contributed by atoms with van der Waals surface area (Å²) in [7, 11) is 0. The van der Waals surface area contributed by atoms with E-state index in [9.17, 15) is 0 Å². The SMILES string of the molecule is c1ccc(-c2c(-c3c[nH]c4ccccc34)nc3cccnn23)cc1. The minimum Gasteiger partial charge on any atom is -0.360 e. The van der Waals surface area contributed by atoms with Crippen LogP contribution in [0.2, 0.25) is 0 Å². The molecule has 4 nitrogen and oxygen atoms in total. The van der Waals surface area contributed by atoms with E-state index in [2.05, 4.69) is 40.4 Å². The van der Waals surface area contributed by atoms with Crippen LogP contribution >= 0.6 is 0 Å². The number of aromatic amines is 1. The van der Waals surface area contributed by atoms with Crippen LogP contribution in [0.15, 0.2) is 79.1 Å². The average molecular weight is 310 g/mol. The Balaban J connectivity index is 1.89. The van der Waals surface area contributed by atoms with E-state index in [1.165, 1.54) is 0 Å². The van der Waals surface area contributed by atoms with Crippen molar-refractivity contribution in [2.75, 3.05) is 0 Å². The van der Waals surface area contributed by atoms with Gasteiger partial charge < -0.3 is 4.98 Å². The zero-order valence-corrected chi connectivity index (χ0v) is 12.8. The Morgan fingerprint density at radius 3 is 2.58 bits per heavy atom. The molecule has 24 heavy (non-hydrogen) atoms. The molecule has 3 heterocycles. The molecule has 3 aromatic heterocycles. The number of para-hydroxylation sites is 1. The molecule has 1 N–H and O–H groups in total. The molecule has 0 atom stereocenters. The maximum atomic E-state index is 4.86. The topological polar surface area (TPSA) is 46.0 Å². The van der Waals surface area contributed by atoms with Crippen molar-refractivity contribution >= 4 is 16.6 Å². The minimum absolute atomic E-state index is 0.844. The fraction of sp³-hybridized carbons (Fsp3) is 0. The Labute approximate surface area is 138 Å². The first-order valence-electron chi connectivity index (χ1n) is 7.87. The fourth-order valence-corrected chi connectivity index (χ4v) is 3.20. The van der Waals surface area contributed by atoms with Crippen molar-refractivity contribution in [2.24, 2.45) is 0 Å². The summed E-state index contributed by atoms with van der Waals surface area (Å²) in [6.07, 6.45) is 3.82. The van der Waals surface area contributed by atoms with E-state index in [1.54, 1.807) is 6.20 Å². The van der Waals surface area contributed by atoms with Crippen LogP contribution in [-0.4, -0.2) is 19.6 Å². The van der Waals surface area contributed by atoms with E-state index in [0.717, 1.165) is 39.1 Å². The first-order valence-corrected chi connectivity index (χ1v) is 7.87. The van der Waals surface area contributed by atoms with Gasteiger partial charge in [-0.2, -0.15) is 5.10 Å². The van der Waals surface area contributed by atoms with Crippen molar-refractivity contribution in [2.45, 2.75) is 0 Å². The summed E-state index contributed by atoms with van der Waals surface area (Å²) in [5, 5.41) is 5.68. The molecule has 0 amide bonds. The Kier molecular flexibility index (Phi) is 2.76. The van der Waals surface area contributed by atoms with Crippen LogP contribution in [0.3, 0.4) is 0 Å². The van der Waals surface area contributed by atoms with Crippen molar-refractivity contribution in [3.05, 3.63) is 79.1 Å². The van der Waals surface area contributed by atoms with E-state index in [0.29, 0.717) is 0 Å². The Morgan fingerprint density at radius 1 is 0.833 bits per heavy atom. The van der Waals surface area contributed by atoms with Crippen LogP contribution < -0.4 is 0 Å². The zero-order valence-electron chi connectivity index (χ0n) is 12.8. The number of hydrogen-bond acceptors (Lipinski definition) is 2. The number of rotatable bonds is 2. The molecule has 5 aromatic rings. The molecule has 0 fully saturated rings. The quantitative estimate of drug-likeness (QED) is 0.520. The van der Waals surface area contributed by atoms with Crippen LogP contribution in [0.5, 0.6) is 0 Å². The highest BCUT2D eigenvalue weighted by molar-refractivity contribution is 5.98. The highest BCUT2D eigenvalue weighted by atomic mass is 15.3. The predicted molar refractivity (Wildman–Crippen MR) is 95.7 cm³/mol. The number of hydrogen-bond donors (Lipinski definition) is 1. The molecular weight excluding hydrogens is 296 g/mol. The predicted octanol–water partition coefficient (Wildman–Crippen LogP) is 4.54. The van der Waals surface area contributed by atoms with Gasteiger partial charge in [-0.1, -0.05) is 48.5 Å². The second-order valence-corrected chi connectivity index (χ2v) is 5.72. The molecule has 0 radical (unpaired) electrons. The molecule has 0 saturated carbocycles. The molecular formula is C20H14N4. The summed E-state index contributed by atoms with van der Waals surface area (Å²) in [6, 6.07) is 22.5. The Bertz CT molecular complexity index is 1150. The maximum Gasteiger partial charge on any atom is 0.154 e. The van der Waals surface area contributed by atoms with Gasteiger partial charge in [0.25, 0.3) is 0 Å². The number of aromatic nitrogens is 4. The lowest BCUT2D eigenvalue weighted by atomic mass is 10.0. The molecule has 0 aliphatic carbocycles. The largest absolute Gasteiger partial charge is 0.360 e. The van der Waals surface area contributed by atoms with E-state index in [-0.39, 0.29) is 0 Å². The van der Waals surface area contributed by atoms with Gasteiger partial charge in [-0.15, -0.1) is 0 Å². The van der Waals surface area contributed by atoms with Gasteiger partial charge in [0.1, 0.15) is 11.4 Å². The minimum atomic E-state index is 0.844. The molecule has 2 aromatic carbocycles. The number of imidazole rings is 1. The summed E-state index contributed by atoms with van der Waals surface area (Å²) in [5.74, 6) is 0. The summed E-state index contributed by atoms with van der Waals surface area (Å²) in [6.45, 7) is 0. The van der Waals surface area contributed by atoms with Crippen LogP contribution in [0.25, 0.3) is 39.1 Å². The van der Waals surface area contributed by atoms with Crippen molar-refractivity contribution in [1.29, 1.82) is 0 Å². The number of fused-ring (bicyclic) bond motifs is 2. The third kappa shape index (κ3) is 1.86. The van der Waals surface area contributed by atoms with Gasteiger partial charge in [-0.05, 0) is 18.2 Å². The molecule has 0 aliphatic heterocycles. The Morgan fingerprint density at radius 2 is 1.67 bits per heavy atom. The smallest absolute Gasteiger partial charge is 0.154 e. The van der Waals surface area contributed by atoms with Crippen molar-refractivity contribution < 1.29 is 0 Å². The normalized spacial score (nSPS) is 11.3. The highest BCUT2D eigenvalue weighted by Crippen LogP contribution is 2.35. The number of nitrogens with one attached hydrogen (secondary N) is 1. The third-order valence-corrected chi connectivity index (χ3v) is 4.28. The van der Waals surface area contributed by atoms with Crippen LogP contribution in [0.4, 0.5) is 0 Å². The van der Waals surface area contributed by atoms with Crippen LogP contribution in [0, 0.1) is 0 Å². The average Bonchev–Trinajstić information content (AvgIpc) is 3.23. The lowest BCUT2D eigenvalue weighted by Crippen LogP contribution is -1.93. The molecule has 0 unspecified atom stereocenters. The van der Waals surface area contributed by atoms with Crippen LogP contribution in [-0.2, 0) is 0 Å². The maximum absolute atomic E-state index is 4.86. The molecule has 4 heteroatoms. The van der Waals surface area contributed by atoms with Gasteiger partial charge >= 0.3 is 0 Å². The monoisotopic (exact) mass is 310 g/mol. The fourth-order valence-electron chi connectivity index (χ4n) is 3.20. The first-order chi connectivity index (χ1) is 11.9. The zero-order chi connectivity index (χ0) is 15.9. The first kappa shape index (κ1) is 13.1. The lowest BCUT2D eigenvalue weighted by Gasteiger charge is -2.04. The van der Waals surface area contributed by atoms with E-state index < -0.39 is 0 Å². The highest BCUT2D eigenvalue weighted by Gasteiger charge is 2.18. The summed E-state index contributed by atoms with van der Waals surface area (Å²) < 4.78 is 1.91. The van der Waals surface area contributed by atoms with E-state index >= 15 is 0 Å². The Hall–Kier alpha value is -3.40. The second kappa shape index (κ2) is 5.06. The molecule has 0 bridgehead atoms. The molecule has 0 saturated heterocycles. The summed E-state index contributed by atoms with van der Waals surface area (Å²) in [5.41, 5.74) is 6.10. The molecule has 114 valence electrons. The summed E-state index contributed by atoms with van der Waals surface area (Å²) in [4.78, 5) is 8.20. The second-order valence-electron chi connectivity index (χ2n) is 5.72. The summed E-state index contributed by atoms with van der Waals surface area (Å²) >= 11 is 0. The van der Waals surface area contributed by atoms with Crippen molar-refractivity contribution in [3.8, 4) is 22.5 Å². The number of H-pyrrole nitrogens is 1. The third-order valence-electron chi connectivity index (χ3n) is 4.28. The van der Waals surface area contributed by atoms with E-state index in [1.807, 2.05) is 47.1 Å². The number of nitrogens with zero attached hydrogens (tertiary/aromatic N) is 3. The molecule has 0 aliphatic rings. The van der Waals surface area contributed by atoms with Crippen LogP contribution in [0.1, 0.15) is 0 Å². The van der Waals surface area contributed by atoms with Gasteiger partial charge in [0.05, 0.1) is 0 Å². The van der Waals surface area contributed by atoms with Crippen molar-refractivity contribution in [3.63, 3.8) is 0 Å².